The third-order valence-electron chi connectivity index (χ3n) is 6.05. The van der Waals surface area contributed by atoms with Crippen molar-refractivity contribution in [1.29, 1.82) is 0 Å². The minimum absolute atomic E-state index is 0.389. The summed E-state index contributed by atoms with van der Waals surface area (Å²) >= 11 is 18.7. The molecular weight excluding hydrogens is 816 g/mol. The molecule has 0 unspecified atom stereocenters. The lowest BCUT2D eigenvalue weighted by Gasteiger charge is -2.30. The molecule has 1 heterocycles. The first-order valence-electron chi connectivity index (χ1n) is 13.2. The SMILES string of the molecule is COc1ccc(SP2(Sc3ccc(OC)cc3)=NP(Sc3ccc(C(F)(F)F)cc3)(Sc3ccc(C(F)(F)F)cc3)=NP(Cl)(Cl)=N2)cc1. The predicted molar refractivity (Wildman–Crippen MR) is 192 cm³/mol. The number of benzene rings is 4. The van der Waals surface area contributed by atoms with Crippen LogP contribution in [0.15, 0.2) is 130 Å². The van der Waals surface area contributed by atoms with E-state index in [0.29, 0.717) is 21.3 Å². The maximum absolute atomic E-state index is 13.4. The first-order valence-corrected chi connectivity index (χ1v) is 25.8. The minimum Gasteiger partial charge on any atom is -0.497 e. The van der Waals surface area contributed by atoms with Crippen LogP contribution in [0.3, 0.4) is 0 Å². The standard InChI is InChI=1S/C28H22Cl2F6N3O2P3S4/c1-40-21-7-15-25(16-8-21)47-44(48-26-17-9-22(41-2)10-18-26)38-42(29,30)37-43(39-44,45-23-11-3-19(4-12-23)27(31,32)33)46-24-13-5-20(6-14-24)28(34,35)36/h3-18H,1-2H3. The lowest BCUT2D eigenvalue weighted by Crippen LogP contribution is -2.03. The van der Waals surface area contributed by atoms with Crippen LogP contribution >= 0.6 is 85.1 Å². The molecule has 0 atom stereocenters. The fraction of sp³-hybridized carbons (Fsp3) is 0.143. The summed E-state index contributed by atoms with van der Waals surface area (Å²) in [6.07, 6.45) is -9.11. The van der Waals surface area contributed by atoms with Crippen LogP contribution in [-0.4, -0.2) is 14.2 Å². The monoisotopic (exact) mass is 837 g/mol. The van der Waals surface area contributed by atoms with Gasteiger partial charge < -0.3 is 9.47 Å². The quantitative estimate of drug-likeness (QED) is 0.117. The first kappa shape index (κ1) is 38.0. The Kier molecular flexibility index (Phi) is 12.0. The zero-order chi connectivity index (χ0) is 34.8. The summed E-state index contributed by atoms with van der Waals surface area (Å²) in [5.41, 5.74) is -8.14. The summed E-state index contributed by atoms with van der Waals surface area (Å²) in [5.74, 6) is -2.28. The molecule has 20 heteroatoms. The third kappa shape index (κ3) is 9.95. The molecule has 4 aromatic carbocycles. The highest BCUT2D eigenvalue weighted by Crippen LogP contribution is 2.96. The van der Waals surface area contributed by atoms with Crippen molar-refractivity contribution in [3.05, 3.63) is 108 Å². The van der Waals surface area contributed by atoms with Crippen molar-refractivity contribution in [1.82, 2.24) is 0 Å². The van der Waals surface area contributed by atoms with Gasteiger partial charge in [-0.2, -0.15) is 35.4 Å². The van der Waals surface area contributed by atoms with Crippen LogP contribution < -0.4 is 9.47 Å². The molecule has 0 radical (unpaired) electrons. The molecule has 1 aliphatic heterocycles. The molecule has 256 valence electrons. The Morgan fingerprint density at radius 3 is 1.06 bits per heavy atom. The summed E-state index contributed by atoms with van der Waals surface area (Å²) in [6, 6.07) is 23.4. The maximum atomic E-state index is 13.4. The molecular formula is C28H22Cl2F6N3O2P3S4. The molecule has 0 aromatic heterocycles. The smallest absolute Gasteiger partial charge is 0.416 e. The van der Waals surface area contributed by atoms with Crippen molar-refractivity contribution in [2.75, 3.05) is 14.2 Å². The molecule has 0 fully saturated rings. The zero-order valence-corrected chi connectivity index (χ0v) is 31.9. The summed E-state index contributed by atoms with van der Waals surface area (Å²) in [5, 5.41) is 0. The van der Waals surface area contributed by atoms with Gasteiger partial charge >= 0.3 is 12.4 Å². The maximum Gasteiger partial charge on any atom is 0.416 e. The van der Waals surface area contributed by atoms with Gasteiger partial charge in [0.2, 0.25) is 11.2 Å². The Morgan fingerprint density at radius 2 is 0.771 bits per heavy atom. The topological polar surface area (TPSA) is 55.5 Å². The van der Waals surface area contributed by atoms with E-state index in [1.165, 1.54) is 47.0 Å². The van der Waals surface area contributed by atoms with E-state index < -0.39 is 40.6 Å². The third-order valence-corrected chi connectivity index (χ3v) is 30.0. The van der Waals surface area contributed by atoms with E-state index in [2.05, 4.69) is 0 Å². The van der Waals surface area contributed by atoms with Crippen LogP contribution in [0.5, 0.6) is 11.5 Å². The van der Waals surface area contributed by atoms with Gasteiger partial charge in [-0.25, -0.2) is 4.52 Å². The van der Waals surface area contributed by atoms with Crippen molar-refractivity contribution in [2.24, 2.45) is 13.5 Å². The second-order valence-electron chi connectivity index (χ2n) is 9.47. The minimum atomic E-state index is -4.55. The van der Waals surface area contributed by atoms with Gasteiger partial charge in [0.15, 0.2) is 0 Å². The second-order valence-corrected chi connectivity index (χ2v) is 30.1. The molecule has 0 aliphatic carbocycles. The molecule has 0 spiro atoms. The normalized spacial score (nSPS) is 16.6. The predicted octanol–water partition coefficient (Wildman–Crippen LogP) is 15.5. The number of hydrogen-bond donors (Lipinski definition) is 0. The van der Waals surface area contributed by atoms with Crippen LogP contribution in [0.4, 0.5) is 26.3 Å². The van der Waals surface area contributed by atoms with Crippen molar-refractivity contribution >= 4 is 85.1 Å². The van der Waals surface area contributed by atoms with Crippen LogP contribution in [0.1, 0.15) is 11.1 Å². The molecule has 0 N–H and O–H groups in total. The lowest BCUT2D eigenvalue weighted by atomic mass is 10.2. The fourth-order valence-electron chi connectivity index (χ4n) is 3.88. The van der Waals surface area contributed by atoms with Gasteiger partial charge in [0.1, 0.15) is 11.5 Å². The van der Waals surface area contributed by atoms with Gasteiger partial charge in [0.25, 0.3) is 5.91 Å². The molecule has 0 amide bonds. The van der Waals surface area contributed by atoms with E-state index in [-0.39, 0.29) is 0 Å². The van der Waals surface area contributed by atoms with Crippen LogP contribution in [0.2, 0.25) is 0 Å². The van der Waals surface area contributed by atoms with Crippen molar-refractivity contribution < 1.29 is 35.8 Å². The molecule has 4 aromatic rings. The Balaban J connectivity index is 1.70. The van der Waals surface area contributed by atoms with Crippen molar-refractivity contribution in [3.63, 3.8) is 0 Å². The largest absolute Gasteiger partial charge is 0.497 e. The number of methoxy groups -OCH3 is 2. The molecule has 0 saturated heterocycles. The van der Waals surface area contributed by atoms with Gasteiger partial charge in [-0.1, -0.05) is 0 Å². The second kappa shape index (κ2) is 15.1. The van der Waals surface area contributed by atoms with E-state index in [0.717, 1.165) is 56.8 Å². The Labute approximate surface area is 298 Å². The fourth-order valence-corrected chi connectivity index (χ4v) is 39.0. The first-order chi connectivity index (χ1) is 22.5. The number of nitrogens with zero attached hydrogens (tertiary/aromatic N) is 3. The van der Waals surface area contributed by atoms with E-state index >= 15 is 0 Å². The molecule has 1 aliphatic rings. The summed E-state index contributed by atoms with van der Waals surface area (Å²) in [4.78, 5) is 2.29. The van der Waals surface area contributed by atoms with Gasteiger partial charge in [-0.05, 0) is 165 Å². The zero-order valence-electron chi connectivity index (χ0n) is 24.4. The Bertz CT molecular complexity index is 1810. The van der Waals surface area contributed by atoms with E-state index in [1.807, 2.05) is 24.3 Å². The van der Waals surface area contributed by atoms with Crippen LogP contribution in [0.25, 0.3) is 0 Å². The van der Waals surface area contributed by atoms with Crippen LogP contribution in [-0.2, 0) is 12.4 Å². The van der Waals surface area contributed by atoms with Crippen LogP contribution in [0, 0.1) is 0 Å². The van der Waals surface area contributed by atoms with Crippen molar-refractivity contribution in [2.45, 2.75) is 31.9 Å². The number of halogens is 8. The molecule has 0 saturated carbocycles. The Hall–Kier alpha value is -1.27. The highest BCUT2D eigenvalue weighted by molar-refractivity contribution is 8.96. The van der Waals surface area contributed by atoms with Gasteiger partial charge in [-0.3, -0.25) is 0 Å². The van der Waals surface area contributed by atoms with E-state index in [1.54, 1.807) is 38.5 Å². The summed E-state index contributed by atoms with van der Waals surface area (Å²) < 4.78 is 106. The molecule has 5 rings (SSSR count). The van der Waals surface area contributed by atoms with Crippen molar-refractivity contribution in [3.8, 4) is 11.5 Å². The number of rotatable bonds is 10. The highest BCUT2D eigenvalue weighted by Gasteiger charge is 2.40. The Morgan fingerprint density at radius 1 is 0.479 bits per heavy atom. The van der Waals surface area contributed by atoms with Gasteiger partial charge in [0, 0.05) is 19.6 Å². The lowest BCUT2D eigenvalue weighted by molar-refractivity contribution is -0.138. The van der Waals surface area contributed by atoms with E-state index in [9.17, 15) is 26.3 Å². The summed E-state index contributed by atoms with van der Waals surface area (Å²) in [7, 11) is 3.08. The number of alkyl halides is 6. The van der Waals surface area contributed by atoms with Gasteiger partial charge in [-0.15, -0.1) is 0 Å². The average Bonchev–Trinajstić information content (AvgIpc) is 3.00. The summed E-state index contributed by atoms with van der Waals surface area (Å²) in [6.45, 7) is 0. The number of ether oxygens (including phenoxy) is 2. The highest BCUT2D eigenvalue weighted by atomic mass is 35.9. The number of hydrogen-bond acceptors (Lipinski definition) is 9. The molecule has 0 bridgehead atoms. The van der Waals surface area contributed by atoms with E-state index in [4.69, 9.17) is 45.5 Å². The van der Waals surface area contributed by atoms with Gasteiger partial charge in [0.05, 0.1) is 25.3 Å². The average molecular weight is 839 g/mol. The molecule has 48 heavy (non-hydrogen) atoms. The molecule has 5 nitrogen and oxygen atoms in total.